The fourth-order valence-electron chi connectivity index (χ4n) is 2.59. The molecule has 2 aromatic rings. The number of rotatable bonds is 2. The van der Waals surface area contributed by atoms with Crippen molar-refractivity contribution in [3.8, 4) is 0 Å². The van der Waals surface area contributed by atoms with Crippen molar-refractivity contribution in [1.82, 2.24) is 14.9 Å². The summed E-state index contributed by atoms with van der Waals surface area (Å²) in [4.78, 5) is 4.38. The van der Waals surface area contributed by atoms with E-state index in [1.54, 1.807) is 18.2 Å². The highest BCUT2D eigenvalue weighted by Crippen LogP contribution is 2.30. The van der Waals surface area contributed by atoms with Gasteiger partial charge in [-0.2, -0.15) is 8.78 Å². The minimum absolute atomic E-state index is 0. The molecule has 0 radical (unpaired) electrons. The van der Waals surface area contributed by atoms with Gasteiger partial charge in [-0.1, -0.05) is 18.6 Å². The summed E-state index contributed by atoms with van der Waals surface area (Å²) in [6, 6.07) is 7.01. The second-order valence-corrected chi connectivity index (χ2v) is 4.61. The Morgan fingerprint density at radius 2 is 1.95 bits per heavy atom. The van der Waals surface area contributed by atoms with Crippen LogP contribution in [-0.4, -0.2) is 16.1 Å². The van der Waals surface area contributed by atoms with Crippen LogP contribution in [0.2, 0.25) is 0 Å². The van der Waals surface area contributed by atoms with Gasteiger partial charge in [-0.05, 0) is 31.5 Å². The highest BCUT2D eigenvalue weighted by atomic mass is 35.5. The summed E-state index contributed by atoms with van der Waals surface area (Å²) < 4.78 is 27.5. The molecule has 1 aliphatic heterocycles. The average molecular weight is 324 g/mol. The van der Waals surface area contributed by atoms with Crippen LogP contribution in [0.5, 0.6) is 0 Å². The van der Waals surface area contributed by atoms with Crippen LogP contribution in [0, 0.1) is 0 Å². The molecule has 0 bridgehead atoms. The van der Waals surface area contributed by atoms with Crippen molar-refractivity contribution in [2.45, 2.75) is 31.9 Å². The first-order valence-corrected chi connectivity index (χ1v) is 6.26. The molecule has 1 N–H and O–H groups in total. The summed E-state index contributed by atoms with van der Waals surface area (Å²) in [5, 5.41) is 3.27. The van der Waals surface area contributed by atoms with Gasteiger partial charge < -0.3 is 5.32 Å². The third-order valence-electron chi connectivity index (χ3n) is 3.44. The molecule has 3 rings (SSSR count). The Hall–Kier alpha value is -0.910. The molecule has 7 heteroatoms. The highest BCUT2D eigenvalue weighted by Gasteiger charge is 2.25. The molecule has 1 aliphatic rings. The molecule has 0 unspecified atom stereocenters. The number of fused-ring (bicyclic) bond motifs is 1. The number of para-hydroxylation sites is 2. The lowest BCUT2D eigenvalue weighted by atomic mass is 10.0. The summed E-state index contributed by atoms with van der Waals surface area (Å²) in [6.07, 6.45) is 3.03. The molecule has 0 saturated carbocycles. The number of benzene rings is 1. The molecule has 1 aromatic carbocycles. The van der Waals surface area contributed by atoms with Crippen molar-refractivity contribution >= 4 is 35.8 Å². The van der Waals surface area contributed by atoms with Crippen LogP contribution >= 0.6 is 24.8 Å². The van der Waals surface area contributed by atoms with Gasteiger partial charge in [-0.15, -0.1) is 24.8 Å². The van der Waals surface area contributed by atoms with E-state index in [0.29, 0.717) is 16.9 Å². The van der Waals surface area contributed by atoms with Crippen molar-refractivity contribution in [2.24, 2.45) is 0 Å². The third kappa shape index (κ3) is 3.05. The number of nitrogens with one attached hydrogen (secondary N) is 1. The standard InChI is InChI=1S/C13H15F2N3.2ClH/c14-13(15)18-11-7-2-1-5-9(11)17-12(18)10-6-3-4-8-16-10;;/h1-2,5,7,10,13,16H,3-4,6,8H2;2*1H/t10-;;/m0../s1. The molecule has 2 heterocycles. The number of hydrogen-bond acceptors (Lipinski definition) is 2. The molecule has 0 aliphatic carbocycles. The van der Waals surface area contributed by atoms with Crippen LogP contribution < -0.4 is 5.32 Å². The number of halogens is 4. The molecule has 1 fully saturated rings. The summed E-state index contributed by atoms with van der Waals surface area (Å²) in [5.74, 6) is 0.464. The third-order valence-corrected chi connectivity index (χ3v) is 3.44. The number of alkyl halides is 2. The first-order valence-electron chi connectivity index (χ1n) is 6.26. The van der Waals surface area contributed by atoms with E-state index in [1.807, 2.05) is 6.07 Å². The van der Waals surface area contributed by atoms with Crippen molar-refractivity contribution in [1.29, 1.82) is 0 Å². The van der Waals surface area contributed by atoms with Gasteiger partial charge in [0.15, 0.2) is 0 Å². The first kappa shape index (κ1) is 17.1. The van der Waals surface area contributed by atoms with Gasteiger partial charge in [0.2, 0.25) is 0 Å². The minimum Gasteiger partial charge on any atom is -0.307 e. The Labute approximate surface area is 128 Å². The lowest BCUT2D eigenvalue weighted by Gasteiger charge is -2.23. The van der Waals surface area contributed by atoms with Crippen molar-refractivity contribution in [2.75, 3.05) is 6.54 Å². The minimum atomic E-state index is -2.55. The van der Waals surface area contributed by atoms with Gasteiger partial charge in [0.1, 0.15) is 5.82 Å². The number of aromatic nitrogens is 2. The van der Waals surface area contributed by atoms with E-state index in [4.69, 9.17) is 0 Å². The topological polar surface area (TPSA) is 29.9 Å². The lowest BCUT2D eigenvalue weighted by molar-refractivity contribution is 0.0688. The summed E-state index contributed by atoms with van der Waals surface area (Å²) in [5.41, 5.74) is 1.15. The van der Waals surface area contributed by atoms with Crippen LogP contribution in [0.15, 0.2) is 24.3 Å². The van der Waals surface area contributed by atoms with Crippen LogP contribution in [0.25, 0.3) is 11.0 Å². The van der Waals surface area contributed by atoms with Crippen LogP contribution in [0.4, 0.5) is 8.78 Å². The van der Waals surface area contributed by atoms with Gasteiger partial charge >= 0.3 is 6.55 Å². The van der Waals surface area contributed by atoms with Gasteiger partial charge in [0, 0.05) is 0 Å². The maximum Gasteiger partial charge on any atom is 0.320 e. The Bertz CT molecular complexity index is 554. The van der Waals surface area contributed by atoms with Crippen LogP contribution in [0.3, 0.4) is 0 Å². The van der Waals surface area contributed by atoms with E-state index in [2.05, 4.69) is 10.3 Å². The number of hydrogen-bond donors (Lipinski definition) is 1. The Kier molecular flexibility index (Phi) is 6.17. The van der Waals surface area contributed by atoms with Gasteiger partial charge in [-0.25, -0.2) is 4.98 Å². The van der Waals surface area contributed by atoms with E-state index < -0.39 is 6.55 Å². The molecule has 3 nitrogen and oxygen atoms in total. The Morgan fingerprint density at radius 1 is 1.20 bits per heavy atom. The molecule has 20 heavy (non-hydrogen) atoms. The second-order valence-electron chi connectivity index (χ2n) is 4.61. The summed E-state index contributed by atoms with van der Waals surface area (Å²) in [7, 11) is 0. The van der Waals surface area contributed by atoms with Crippen LogP contribution in [0.1, 0.15) is 37.7 Å². The first-order chi connectivity index (χ1) is 8.77. The zero-order valence-corrected chi connectivity index (χ0v) is 12.4. The second kappa shape index (κ2) is 7.20. The van der Waals surface area contributed by atoms with E-state index in [1.165, 1.54) is 0 Å². The number of imidazole rings is 1. The van der Waals surface area contributed by atoms with E-state index in [9.17, 15) is 8.78 Å². The van der Waals surface area contributed by atoms with Crippen molar-refractivity contribution in [3.05, 3.63) is 30.1 Å². The predicted octanol–water partition coefficient (Wildman–Crippen LogP) is 4.09. The highest BCUT2D eigenvalue weighted by molar-refractivity contribution is 5.85. The molecule has 0 amide bonds. The zero-order valence-electron chi connectivity index (χ0n) is 10.8. The molecule has 112 valence electrons. The largest absolute Gasteiger partial charge is 0.320 e. The molecule has 1 aromatic heterocycles. The van der Waals surface area contributed by atoms with E-state index >= 15 is 0 Å². The van der Waals surface area contributed by atoms with Gasteiger partial charge in [-0.3, -0.25) is 4.57 Å². The summed E-state index contributed by atoms with van der Waals surface area (Å²) >= 11 is 0. The van der Waals surface area contributed by atoms with Gasteiger partial charge in [0.25, 0.3) is 0 Å². The molecular formula is C13H17Cl2F2N3. The van der Waals surface area contributed by atoms with Crippen molar-refractivity contribution < 1.29 is 8.78 Å². The predicted molar refractivity (Wildman–Crippen MR) is 80.1 cm³/mol. The Balaban J connectivity index is 0.000001000. The smallest absolute Gasteiger partial charge is 0.307 e. The fraction of sp³-hybridized carbons (Fsp3) is 0.462. The SMILES string of the molecule is Cl.Cl.FC(F)n1c([C@@H]2CCCCN2)nc2ccccc21. The summed E-state index contributed by atoms with van der Waals surface area (Å²) in [6.45, 7) is -1.67. The molecular weight excluding hydrogens is 307 g/mol. The normalized spacial score (nSPS) is 18.6. The number of nitrogens with zero attached hydrogens (tertiary/aromatic N) is 2. The van der Waals surface area contributed by atoms with Crippen molar-refractivity contribution in [3.63, 3.8) is 0 Å². The monoisotopic (exact) mass is 323 g/mol. The van der Waals surface area contributed by atoms with E-state index in [-0.39, 0.29) is 30.9 Å². The van der Waals surface area contributed by atoms with Gasteiger partial charge in [0.05, 0.1) is 17.1 Å². The maximum atomic E-state index is 13.2. The fourth-order valence-corrected chi connectivity index (χ4v) is 2.59. The molecule has 1 atom stereocenters. The maximum absolute atomic E-state index is 13.2. The Morgan fingerprint density at radius 3 is 2.60 bits per heavy atom. The zero-order chi connectivity index (χ0) is 12.5. The molecule has 0 spiro atoms. The van der Waals surface area contributed by atoms with Crippen LogP contribution in [-0.2, 0) is 0 Å². The van der Waals surface area contributed by atoms with E-state index in [0.717, 1.165) is 30.4 Å². The average Bonchev–Trinajstić information content (AvgIpc) is 2.79. The molecule has 1 saturated heterocycles. The lowest BCUT2D eigenvalue weighted by Crippen LogP contribution is -2.29. The number of piperidine rings is 1. The quantitative estimate of drug-likeness (QED) is 0.902.